The monoisotopic (exact) mass is 298 g/mol. The summed E-state index contributed by atoms with van der Waals surface area (Å²) >= 11 is 0. The Hall–Kier alpha value is -0.910. The van der Waals surface area contributed by atoms with Crippen LogP contribution in [-0.2, 0) is 16.4 Å². The standard InChI is InChI=1S/C15H26N2O2S/c1-15(2,3)14(9-11-16)17-20(18,19)12-10-13-7-5-4-6-8-13/h4-8,14,17H,9-12,16H2,1-3H3. The predicted octanol–water partition coefficient (Wildman–Crippen LogP) is 1.91. The molecule has 0 aromatic heterocycles. The molecule has 1 atom stereocenters. The Morgan fingerprint density at radius 1 is 1.20 bits per heavy atom. The first-order valence-electron chi connectivity index (χ1n) is 6.98. The fraction of sp³-hybridized carbons (Fsp3) is 0.600. The van der Waals surface area contributed by atoms with Crippen LogP contribution in [0.5, 0.6) is 0 Å². The topological polar surface area (TPSA) is 72.2 Å². The molecule has 0 spiro atoms. The largest absolute Gasteiger partial charge is 0.330 e. The lowest BCUT2D eigenvalue weighted by molar-refractivity contribution is 0.287. The van der Waals surface area contributed by atoms with E-state index in [1.165, 1.54) is 0 Å². The summed E-state index contributed by atoms with van der Waals surface area (Å²) in [6.45, 7) is 6.54. The van der Waals surface area contributed by atoms with Crippen LogP contribution in [0.2, 0.25) is 0 Å². The molecule has 0 saturated carbocycles. The average molecular weight is 298 g/mol. The van der Waals surface area contributed by atoms with Crippen LogP contribution >= 0.6 is 0 Å². The van der Waals surface area contributed by atoms with Crippen LogP contribution in [0.3, 0.4) is 0 Å². The number of sulfonamides is 1. The Kier molecular flexibility index (Phi) is 6.17. The molecule has 4 nitrogen and oxygen atoms in total. The van der Waals surface area contributed by atoms with Gasteiger partial charge in [-0.15, -0.1) is 0 Å². The van der Waals surface area contributed by atoms with Crippen LogP contribution in [0, 0.1) is 5.41 Å². The van der Waals surface area contributed by atoms with E-state index in [2.05, 4.69) is 4.72 Å². The van der Waals surface area contributed by atoms with Crippen molar-refractivity contribution in [2.24, 2.45) is 11.1 Å². The Balaban J connectivity index is 2.64. The third-order valence-electron chi connectivity index (χ3n) is 3.32. The first kappa shape index (κ1) is 17.1. The van der Waals surface area contributed by atoms with E-state index in [4.69, 9.17) is 5.73 Å². The van der Waals surface area contributed by atoms with Crippen molar-refractivity contribution in [1.29, 1.82) is 0 Å². The van der Waals surface area contributed by atoms with Crippen LogP contribution in [0.25, 0.3) is 0 Å². The zero-order valence-corrected chi connectivity index (χ0v) is 13.4. The van der Waals surface area contributed by atoms with Crippen LogP contribution in [0.15, 0.2) is 30.3 Å². The molecule has 20 heavy (non-hydrogen) atoms. The van der Waals surface area contributed by atoms with E-state index < -0.39 is 10.0 Å². The molecule has 1 unspecified atom stereocenters. The summed E-state index contributed by atoms with van der Waals surface area (Å²) in [4.78, 5) is 0. The number of nitrogens with one attached hydrogen (secondary N) is 1. The van der Waals surface area contributed by atoms with Gasteiger partial charge in [0.1, 0.15) is 0 Å². The summed E-state index contributed by atoms with van der Waals surface area (Å²) in [5, 5.41) is 0. The van der Waals surface area contributed by atoms with Gasteiger partial charge in [0.25, 0.3) is 0 Å². The minimum absolute atomic E-state index is 0.105. The van der Waals surface area contributed by atoms with Gasteiger partial charge >= 0.3 is 0 Å². The minimum atomic E-state index is -3.29. The van der Waals surface area contributed by atoms with Crippen molar-refractivity contribution in [3.05, 3.63) is 35.9 Å². The zero-order valence-electron chi connectivity index (χ0n) is 12.6. The van der Waals surface area contributed by atoms with Gasteiger partial charge in [-0.25, -0.2) is 13.1 Å². The second kappa shape index (κ2) is 7.20. The first-order valence-corrected chi connectivity index (χ1v) is 8.64. The molecule has 0 radical (unpaired) electrons. The summed E-state index contributed by atoms with van der Waals surface area (Å²) in [6, 6.07) is 9.51. The Bertz CT molecular complexity index is 492. The molecule has 0 amide bonds. The second-order valence-electron chi connectivity index (χ2n) is 6.17. The molecule has 0 aliphatic heterocycles. The van der Waals surface area contributed by atoms with Gasteiger partial charge in [-0.05, 0) is 30.4 Å². The molecule has 1 aromatic carbocycles. The lowest BCUT2D eigenvalue weighted by Crippen LogP contribution is -2.45. The van der Waals surface area contributed by atoms with Crippen molar-refractivity contribution in [1.82, 2.24) is 4.72 Å². The Morgan fingerprint density at radius 2 is 1.80 bits per heavy atom. The molecular formula is C15H26N2O2S. The fourth-order valence-corrected chi connectivity index (χ4v) is 3.54. The molecule has 0 aliphatic carbocycles. The second-order valence-corrected chi connectivity index (χ2v) is 8.04. The van der Waals surface area contributed by atoms with Crippen molar-refractivity contribution >= 4 is 10.0 Å². The summed E-state index contributed by atoms with van der Waals surface area (Å²) in [7, 11) is -3.29. The maximum atomic E-state index is 12.2. The normalized spacial score (nSPS) is 14.2. The van der Waals surface area contributed by atoms with E-state index in [0.717, 1.165) is 5.56 Å². The summed E-state index contributed by atoms with van der Waals surface area (Å²) in [5.41, 5.74) is 6.47. The third-order valence-corrected chi connectivity index (χ3v) is 4.71. The average Bonchev–Trinajstić information content (AvgIpc) is 2.36. The van der Waals surface area contributed by atoms with Gasteiger partial charge in [-0.1, -0.05) is 51.1 Å². The SMILES string of the molecule is CC(C)(C)C(CCN)NS(=O)(=O)CCc1ccccc1. The highest BCUT2D eigenvalue weighted by Crippen LogP contribution is 2.22. The number of benzene rings is 1. The van der Waals surface area contributed by atoms with Crippen LogP contribution < -0.4 is 10.5 Å². The van der Waals surface area contributed by atoms with E-state index in [9.17, 15) is 8.42 Å². The highest BCUT2D eigenvalue weighted by Gasteiger charge is 2.27. The molecule has 3 N–H and O–H groups in total. The highest BCUT2D eigenvalue weighted by molar-refractivity contribution is 7.89. The van der Waals surface area contributed by atoms with E-state index in [0.29, 0.717) is 19.4 Å². The van der Waals surface area contributed by atoms with Gasteiger partial charge in [-0.2, -0.15) is 0 Å². The molecule has 0 heterocycles. The van der Waals surface area contributed by atoms with Gasteiger partial charge in [0.2, 0.25) is 10.0 Å². The lowest BCUT2D eigenvalue weighted by atomic mass is 9.85. The number of aryl methyl sites for hydroxylation is 1. The number of hydrogen-bond acceptors (Lipinski definition) is 3. The van der Waals surface area contributed by atoms with Crippen molar-refractivity contribution in [3.8, 4) is 0 Å². The molecule has 1 aromatic rings. The Morgan fingerprint density at radius 3 is 2.30 bits per heavy atom. The van der Waals surface area contributed by atoms with Gasteiger partial charge in [0, 0.05) is 6.04 Å². The van der Waals surface area contributed by atoms with Gasteiger partial charge < -0.3 is 5.73 Å². The van der Waals surface area contributed by atoms with E-state index in [1.54, 1.807) is 0 Å². The molecule has 0 bridgehead atoms. The zero-order chi connectivity index (χ0) is 15.2. The molecular weight excluding hydrogens is 272 g/mol. The molecule has 1 rings (SSSR count). The van der Waals surface area contributed by atoms with Crippen molar-refractivity contribution in [2.45, 2.75) is 39.7 Å². The minimum Gasteiger partial charge on any atom is -0.330 e. The Labute approximate surface area is 122 Å². The third kappa shape index (κ3) is 6.03. The van der Waals surface area contributed by atoms with E-state index in [-0.39, 0.29) is 17.2 Å². The van der Waals surface area contributed by atoms with Gasteiger partial charge in [0.15, 0.2) is 0 Å². The smallest absolute Gasteiger partial charge is 0.212 e. The van der Waals surface area contributed by atoms with Crippen molar-refractivity contribution in [2.75, 3.05) is 12.3 Å². The van der Waals surface area contributed by atoms with Crippen molar-refractivity contribution in [3.63, 3.8) is 0 Å². The number of nitrogens with two attached hydrogens (primary N) is 1. The van der Waals surface area contributed by atoms with Crippen LogP contribution in [0.1, 0.15) is 32.8 Å². The number of rotatable bonds is 7. The predicted molar refractivity (Wildman–Crippen MR) is 84.0 cm³/mol. The van der Waals surface area contributed by atoms with Crippen LogP contribution in [-0.4, -0.2) is 26.8 Å². The quantitative estimate of drug-likeness (QED) is 0.807. The molecule has 5 heteroatoms. The summed E-state index contributed by atoms with van der Waals surface area (Å²) in [5.74, 6) is 0.105. The van der Waals surface area contributed by atoms with E-state index in [1.807, 2.05) is 51.1 Å². The lowest BCUT2D eigenvalue weighted by Gasteiger charge is -2.31. The maximum Gasteiger partial charge on any atom is 0.212 e. The van der Waals surface area contributed by atoms with Crippen LogP contribution in [0.4, 0.5) is 0 Å². The highest BCUT2D eigenvalue weighted by atomic mass is 32.2. The molecule has 0 aliphatic rings. The first-order chi connectivity index (χ1) is 9.24. The maximum absolute atomic E-state index is 12.2. The molecule has 114 valence electrons. The molecule has 0 fully saturated rings. The fourth-order valence-electron chi connectivity index (χ4n) is 2.01. The summed E-state index contributed by atoms with van der Waals surface area (Å²) < 4.78 is 27.2. The van der Waals surface area contributed by atoms with E-state index >= 15 is 0 Å². The van der Waals surface area contributed by atoms with Gasteiger partial charge in [0.05, 0.1) is 5.75 Å². The van der Waals surface area contributed by atoms with Crippen molar-refractivity contribution < 1.29 is 8.42 Å². The molecule has 0 saturated heterocycles. The van der Waals surface area contributed by atoms with Gasteiger partial charge in [-0.3, -0.25) is 0 Å². The summed E-state index contributed by atoms with van der Waals surface area (Å²) in [6.07, 6.45) is 1.17. The number of hydrogen-bond donors (Lipinski definition) is 2.